The summed E-state index contributed by atoms with van der Waals surface area (Å²) in [7, 11) is -3.54. The van der Waals surface area contributed by atoms with E-state index in [0.717, 1.165) is 30.7 Å². The molecule has 9 heteroatoms. The zero-order chi connectivity index (χ0) is 21.5. The second-order valence-electron chi connectivity index (χ2n) is 7.62. The van der Waals surface area contributed by atoms with Gasteiger partial charge in [-0.3, -0.25) is 4.98 Å². The molecule has 3 heterocycles. The van der Waals surface area contributed by atoms with Gasteiger partial charge in [-0.05, 0) is 48.6 Å². The lowest BCUT2D eigenvalue weighted by atomic mass is 9.90. The normalized spacial score (nSPS) is 15.5. The Morgan fingerprint density at radius 1 is 1.20 bits per heavy atom. The minimum absolute atomic E-state index is 0.0254. The number of piperidine rings is 1. The van der Waals surface area contributed by atoms with Gasteiger partial charge in [0, 0.05) is 37.1 Å². The number of fused-ring (bicyclic) bond motifs is 1. The van der Waals surface area contributed by atoms with Gasteiger partial charge in [0.2, 0.25) is 0 Å². The number of rotatable bonds is 4. The highest BCUT2D eigenvalue weighted by atomic mass is 32.2. The summed E-state index contributed by atoms with van der Waals surface area (Å²) in [6, 6.07) is 5.46. The predicted molar refractivity (Wildman–Crippen MR) is 107 cm³/mol. The molecule has 1 saturated heterocycles. The van der Waals surface area contributed by atoms with Gasteiger partial charge in [-0.25, -0.2) is 17.2 Å². The smallest absolute Gasteiger partial charge is 0.179 e. The molecule has 4 rings (SSSR count). The molecule has 0 spiro atoms. The highest BCUT2D eigenvalue weighted by Crippen LogP contribution is 2.29. The Balaban J connectivity index is 1.59. The van der Waals surface area contributed by atoms with Crippen LogP contribution in [0.2, 0.25) is 0 Å². The molecule has 0 amide bonds. The molecule has 1 aliphatic heterocycles. The van der Waals surface area contributed by atoms with Gasteiger partial charge in [-0.15, -0.1) is 0 Å². The van der Waals surface area contributed by atoms with Crippen LogP contribution >= 0.6 is 0 Å². The minimum Gasteiger partial charge on any atom is -0.339 e. The summed E-state index contributed by atoms with van der Waals surface area (Å²) in [5, 5.41) is 9.37. The van der Waals surface area contributed by atoms with E-state index < -0.39 is 21.5 Å². The Bertz CT molecular complexity index is 1260. The lowest BCUT2D eigenvalue weighted by molar-refractivity contribution is 0.294. The Hall–Kier alpha value is -2.99. The highest BCUT2D eigenvalue weighted by molar-refractivity contribution is 7.90. The SMILES string of the molecule is CS(=O)(=O)c1cc(F)c2c(ccn2Cc2ncc(C3CCN(C#N)CC3)cc2F)c1. The maximum atomic E-state index is 14.7. The van der Waals surface area contributed by atoms with Crippen LogP contribution < -0.4 is 0 Å². The number of benzene rings is 1. The first kappa shape index (κ1) is 20.3. The van der Waals surface area contributed by atoms with E-state index in [1.165, 1.54) is 16.7 Å². The van der Waals surface area contributed by atoms with Crippen LogP contribution in [0.4, 0.5) is 8.78 Å². The number of likely N-dealkylation sites (tertiary alicyclic amines) is 1. The predicted octanol–water partition coefficient (Wildman–Crippen LogP) is 3.43. The zero-order valence-electron chi connectivity index (χ0n) is 16.3. The molecule has 6 nitrogen and oxygen atoms in total. The number of pyridine rings is 1. The molecule has 1 aliphatic rings. The van der Waals surface area contributed by atoms with E-state index in [1.54, 1.807) is 23.4 Å². The zero-order valence-corrected chi connectivity index (χ0v) is 17.2. The van der Waals surface area contributed by atoms with Crippen molar-refractivity contribution in [3.8, 4) is 6.19 Å². The standard InChI is InChI=1S/C21H20F2N4O2S/c1-30(28,29)17-8-15-4-7-27(21(15)19(23)10-17)12-20-18(22)9-16(11-25-20)14-2-5-26(13-24)6-3-14/h4,7-11,14H,2-3,5-6,12H2,1H3. The van der Waals surface area contributed by atoms with E-state index in [4.69, 9.17) is 5.26 Å². The molecule has 156 valence electrons. The van der Waals surface area contributed by atoms with Crippen molar-refractivity contribution < 1.29 is 17.2 Å². The second-order valence-corrected chi connectivity index (χ2v) is 9.63. The molecule has 0 radical (unpaired) electrons. The van der Waals surface area contributed by atoms with E-state index >= 15 is 0 Å². The molecule has 3 aromatic rings. The summed E-state index contributed by atoms with van der Waals surface area (Å²) in [6.45, 7) is 1.32. The summed E-state index contributed by atoms with van der Waals surface area (Å²) in [6.07, 6.45) is 7.93. The Morgan fingerprint density at radius 3 is 2.57 bits per heavy atom. The molecule has 0 bridgehead atoms. The summed E-state index contributed by atoms with van der Waals surface area (Å²) < 4.78 is 54.3. The van der Waals surface area contributed by atoms with Crippen molar-refractivity contribution >= 4 is 20.7 Å². The van der Waals surface area contributed by atoms with E-state index in [2.05, 4.69) is 11.2 Å². The lowest BCUT2D eigenvalue weighted by Crippen LogP contribution is -2.29. The van der Waals surface area contributed by atoms with E-state index in [1.807, 2.05) is 0 Å². The molecular weight excluding hydrogens is 410 g/mol. The average Bonchev–Trinajstić information content (AvgIpc) is 3.12. The Kier molecular flexibility index (Phi) is 5.20. The van der Waals surface area contributed by atoms with Crippen LogP contribution in [0.5, 0.6) is 0 Å². The van der Waals surface area contributed by atoms with E-state index in [9.17, 15) is 17.2 Å². The fourth-order valence-electron chi connectivity index (χ4n) is 3.91. The summed E-state index contributed by atoms with van der Waals surface area (Å²) in [5.74, 6) is -0.991. The maximum Gasteiger partial charge on any atom is 0.179 e. The largest absolute Gasteiger partial charge is 0.339 e. The van der Waals surface area contributed by atoms with Crippen LogP contribution in [-0.2, 0) is 16.4 Å². The first-order valence-corrected chi connectivity index (χ1v) is 11.4. The fourth-order valence-corrected chi connectivity index (χ4v) is 4.57. The number of halogens is 2. The number of nitrogens with zero attached hydrogens (tertiary/aromatic N) is 4. The number of hydrogen-bond donors (Lipinski definition) is 0. The fraction of sp³-hybridized carbons (Fsp3) is 0.333. The number of sulfone groups is 1. The van der Waals surface area contributed by atoms with Gasteiger partial charge in [0.05, 0.1) is 22.7 Å². The van der Waals surface area contributed by atoms with Gasteiger partial charge in [-0.1, -0.05) is 0 Å². The van der Waals surface area contributed by atoms with E-state index in [0.29, 0.717) is 18.5 Å². The maximum absolute atomic E-state index is 14.7. The van der Waals surface area contributed by atoms with Gasteiger partial charge in [0.25, 0.3) is 0 Å². The third kappa shape index (κ3) is 3.87. The molecule has 0 saturated carbocycles. The van der Waals surface area contributed by atoms with Gasteiger partial charge in [0.15, 0.2) is 16.0 Å². The molecule has 1 aromatic carbocycles. The second kappa shape index (κ2) is 7.69. The van der Waals surface area contributed by atoms with Crippen LogP contribution in [0.1, 0.15) is 30.0 Å². The van der Waals surface area contributed by atoms with E-state index in [-0.39, 0.29) is 28.6 Å². The van der Waals surface area contributed by atoms with Crippen molar-refractivity contribution in [2.24, 2.45) is 0 Å². The van der Waals surface area contributed by atoms with Crippen molar-refractivity contribution in [2.75, 3.05) is 19.3 Å². The molecule has 0 atom stereocenters. The van der Waals surface area contributed by atoms with Crippen LogP contribution in [0.25, 0.3) is 10.9 Å². The molecule has 2 aromatic heterocycles. The highest BCUT2D eigenvalue weighted by Gasteiger charge is 2.22. The molecule has 1 fully saturated rings. The van der Waals surface area contributed by atoms with Crippen LogP contribution in [-0.4, -0.2) is 42.2 Å². The monoisotopic (exact) mass is 430 g/mol. The summed E-state index contributed by atoms with van der Waals surface area (Å²) in [5.41, 5.74) is 1.18. The van der Waals surface area contributed by atoms with Gasteiger partial charge < -0.3 is 9.47 Å². The average molecular weight is 430 g/mol. The Labute approximate surface area is 173 Å². The van der Waals surface area contributed by atoms with Crippen molar-refractivity contribution in [1.82, 2.24) is 14.5 Å². The number of nitriles is 1. The van der Waals surface area contributed by atoms with Gasteiger partial charge in [0.1, 0.15) is 11.6 Å². The molecule has 30 heavy (non-hydrogen) atoms. The Morgan fingerprint density at radius 2 is 1.93 bits per heavy atom. The molecule has 0 unspecified atom stereocenters. The van der Waals surface area contributed by atoms with Gasteiger partial charge in [-0.2, -0.15) is 5.26 Å². The van der Waals surface area contributed by atoms with Crippen LogP contribution in [0, 0.1) is 23.1 Å². The number of aromatic nitrogens is 2. The third-order valence-corrected chi connectivity index (χ3v) is 6.67. The molecule has 0 aliphatic carbocycles. The summed E-state index contributed by atoms with van der Waals surface area (Å²) in [4.78, 5) is 5.86. The van der Waals surface area contributed by atoms with Crippen LogP contribution in [0.15, 0.2) is 41.6 Å². The van der Waals surface area contributed by atoms with Gasteiger partial charge >= 0.3 is 0 Å². The summed E-state index contributed by atoms with van der Waals surface area (Å²) >= 11 is 0. The third-order valence-electron chi connectivity index (χ3n) is 5.58. The topological polar surface area (TPSA) is 79.0 Å². The minimum atomic E-state index is -3.54. The first-order valence-electron chi connectivity index (χ1n) is 9.53. The van der Waals surface area contributed by atoms with Crippen LogP contribution in [0.3, 0.4) is 0 Å². The first-order chi connectivity index (χ1) is 14.3. The van der Waals surface area contributed by atoms with Crippen molar-refractivity contribution in [2.45, 2.75) is 30.2 Å². The molecular formula is C21H20F2N4O2S. The quantitative estimate of drug-likeness (QED) is 0.593. The lowest BCUT2D eigenvalue weighted by Gasteiger charge is -2.28. The number of hydrogen-bond acceptors (Lipinski definition) is 5. The van der Waals surface area contributed by atoms with Crippen molar-refractivity contribution in [1.29, 1.82) is 5.26 Å². The van der Waals surface area contributed by atoms with Crippen molar-refractivity contribution in [3.05, 3.63) is 59.6 Å². The molecule has 0 N–H and O–H groups in total. The van der Waals surface area contributed by atoms with Crippen molar-refractivity contribution in [3.63, 3.8) is 0 Å².